The first-order chi connectivity index (χ1) is 8.45. The molecule has 0 bridgehead atoms. The van der Waals surface area contributed by atoms with E-state index in [1.807, 2.05) is 0 Å². The van der Waals surface area contributed by atoms with Gasteiger partial charge in [-0.1, -0.05) is 24.3 Å². The summed E-state index contributed by atoms with van der Waals surface area (Å²) in [6.45, 7) is 0. The van der Waals surface area contributed by atoms with Crippen LogP contribution in [0.1, 0.15) is 57.8 Å². The van der Waals surface area contributed by atoms with Crippen molar-refractivity contribution in [3.63, 3.8) is 0 Å². The van der Waals surface area contributed by atoms with Crippen LogP contribution in [0.25, 0.3) is 0 Å². The molecule has 0 spiro atoms. The summed E-state index contributed by atoms with van der Waals surface area (Å²) in [4.78, 5) is 4.87. The van der Waals surface area contributed by atoms with Crippen LogP contribution in [0.5, 0.6) is 0 Å². The number of hydrogen-bond acceptors (Lipinski definition) is 1. The SMILES string of the molecule is C1=CCCCCC(N=C2CC=CCCCC2)=C1. The highest BCUT2D eigenvalue weighted by Crippen LogP contribution is 2.17. The van der Waals surface area contributed by atoms with E-state index < -0.39 is 0 Å². The Morgan fingerprint density at radius 3 is 2.59 bits per heavy atom. The number of nitrogens with zero attached hydrogens (tertiary/aromatic N) is 1. The molecule has 0 aromatic heterocycles. The van der Waals surface area contributed by atoms with Crippen LogP contribution < -0.4 is 0 Å². The molecule has 0 aliphatic heterocycles. The van der Waals surface area contributed by atoms with Gasteiger partial charge in [0, 0.05) is 17.8 Å². The van der Waals surface area contributed by atoms with Crippen LogP contribution >= 0.6 is 0 Å². The highest BCUT2D eigenvalue weighted by atomic mass is 14.8. The second-order valence-electron chi connectivity index (χ2n) is 4.93. The Morgan fingerprint density at radius 1 is 0.824 bits per heavy atom. The minimum atomic E-state index is 1.06. The lowest BCUT2D eigenvalue weighted by Crippen LogP contribution is -2.00. The smallest absolute Gasteiger partial charge is 0.0403 e. The third-order valence-corrected chi connectivity index (χ3v) is 3.39. The van der Waals surface area contributed by atoms with Gasteiger partial charge in [0.05, 0.1) is 0 Å². The van der Waals surface area contributed by atoms with E-state index in [0.717, 1.165) is 12.8 Å². The predicted molar refractivity (Wildman–Crippen MR) is 75.4 cm³/mol. The van der Waals surface area contributed by atoms with Crippen LogP contribution in [-0.2, 0) is 0 Å². The van der Waals surface area contributed by atoms with Gasteiger partial charge >= 0.3 is 0 Å². The first-order valence-electron chi connectivity index (χ1n) is 7.02. The molecular weight excluding hydrogens is 206 g/mol. The zero-order valence-corrected chi connectivity index (χ0v) is 10.7. The molecule has 0 fully saturated rings. The Kier molecular flexibility index (Phi) is 5.28. The highest BCUT2D eigenvalue weighted by Gasteiger charge is 2.03. The van der Waals surface area contributed by atoms with Gasteiger partial charge in [-0.15, -0.1) is 0 Å². The largest absolute Gasteiger partial charge is 0.262 e. The summed E-state index contributed by atoms with van der Waals surface area (Å²) in [6.07, 6.45) is 22.3. The van der Waals surface area contributed by atoms with Crippen molar-refractivity contribution < 1.29 is 0 Å². The lowest BCUT2D eigenvalue weighted by molar-refractivity contribution is 0.729. The molecule has 0 unspecified atom stereocenters. The van der Waals surface area contributed by atoms with E-state index in [1.165, 1.54) is 56.4 Å². The molecule has 0 N–H and O–H groups in total. The fourth-order valence-electron chi connectivity index (χ4n) is 2.36. The van der Waals surface area contributed by atoms with E-state index in [9.17, 15) is 0 Å². The molecule has 0 aromatic carbocycles. The van der Waals surface area contributed by atoms with Crippen LogP contribution in [0.15, 0.2) is 41.1 Å². The van der Waals surface area contributed by atoms with E-state index in [-0.39, 0.29) is 0 Å². The van der Waals surface area contributed by atoms with Gasteiger partial charge in [-0.3, -0.25) is 4.99 Å². The average Bonchev–Trinajstić information content (AvgIpc) is 2.24. The maximum atomic E-state index is 4.87. The molecule has 1 heteroatoms. The van der Waals surface area contributed by atoms with Crippen LogP contribution in [-0.4, -0.2) is 5.71 Å². The molecule has 2 aliphatic rings. The first-order valence-corrected chi connectivity index (χ1v) is 7.02. The number of allylic oxidation sites excluding steroid dienone is 6. The topological polar surface area (TPSA) is 12.4 Å². The number of rotatable bonds is 1. The quantitative estimate of drug-likeness (QED) is 0.563. The summed E-state index contributed by atoms with van der Waals surface area (Å²) in [7, 11) is 0. The zero-order chi connectivity index (χ0) is 11.8. The molecule has 92 valence electrons. The van der Waals surface area contributed by atoms with Crippen molar-refractivity contribution in [2.75, 3.05) is 0 Å². The number of aliphatic imine (C=N–C) groups is 1. The van der Waals surface area contributed by atoms with Gasteiger partial charge in [-0.2, -0.15) is 0 Å². The summed E-state index contributed by atoms with van der Waals surface area (Å²) in [5.74, 6) is 0. The molecule has 0 radical (unpaired) electrons. The lowest BCUT2D eigenvalue weighted by Gasteiger charge is -2.09. The highest BCUT2D eigenvalue weighted by molar-refractivity contribution is 5.86. The third-order valence-electron chi connectivity index (χ3n) is 3.39. The molecule has 0 saturated heterocycles. The summed E-state index contributed by atoms with van der Waals surface area (Å²) < 4.78 is 0. The van der Waals surface area contributed by atoms with Gasteiger partial charge in [-0.05, 0) is 57.4 Å². The van der Waals surface area contributed by atoms with Crippen molar-refractivity contribution in [1.29, 1.82) is 0 Å². The molecule has 1 nitrogen and oxygen atoms in total. The van der Waals surface area contributed by atoms with E-state index in [4.69, 9.17) is 4.99 Å². The fraction of sp³-hybridized carbons (Fsp3) is 0.562. The monoisotopic (exact) mass is 229 g/mol. The summed E-state index contributed by atoms with van der Waals surface area (Å²) in [6, 6.07) is 0. The Balaban J connectivity index is 2.04. The molecule has 0 atom stereocenters. The molecule has 0 aromatic rings. The van der Waals surface area contributed by atoms with E-state index in [1.54, 1.807) is 0 Å². The maximum Gasteiger partial charge on any atom is 0.0403 e. The van der Waals surface area contributed by atoms with Crippen molar-refractivity contribution in [3.8, 4) is 0 Å². The van der Waals surface area contributed by atoms with Gasteiger partial charge in [0.25, 0.3) is 0 Å². The van der Waals surface area contributed by atoms with Crippen molar-refractivity contribution in [1.82, 2.24) is 0 Å². The molecule has 0 heterocycles. The summed E-state index contributed by atoms with van der Waals surface area (Å²) in [5.41, 5.74) is 2.66. The normalized spacial score (nSPS) is 24.7. The molecule has 17 heavy (non-hydrogen) atoms. The Morgan fingerprint density at radius 2 is 1.65 bits per heavy atom. The van der Waals surface area contributed by atoms with E-state index >= 15 is 0 Å². The van der Waals surface area contributed by atoms with Crippen LogP contribution in [0.3, 0.4) is 0 Å². The minimum absolute atomic E-state index is 1.06. The molecule has 0 saturated carbocycles. The Hall–Kier alpha value is -1.11. The Labute approximate surface area is 105 Å². The zero-order valence-electron chi connectivity index (χ0n) is 10.7. The summed E-state index contributed by atoms with van der Waals surface area (Å²) in [5, 5.41) is 0. The van der Waals surface area contributed by atoms with Gasteiger partial charge in [-0.25, -0.2) is 0 Å². The predicted octanol–water partition coefficient (Wildman–Crippen LogP) is 4.96. The second-order valence-corrected chi connectivity index (χ2v) is 4.93. The van der Waals surface area contributed by atoms with Gasteiger partial charge < -0.3 is 0 Å². The molecule has 2 rings (SSSR count). The first kappa shape index (κ1) is 12.3. The molecular formula is C16H23N. The average molecular weight is 229 g/mol. The Bertz CT molecular complexity index is 345. The van der Waals surface area contributed by atoms with Gasteiger partial charge in [0.15, 0.2) is 0 Å². The van der Waals surface area contributed by atoms with Crippen LogP contribution in [0, 0.1) is 0 Å². The van der Waals surface area contributed by atoms with Crippen molar-refractivity contribution in [3.05, 3.63) is 36.1 Å². The van der Waals surface area contributed by atoms with Crippen molar-refractivity contribution in [2.24, 2.45) is 4.99 Å². The van der Waals surface area contributed by atoms with E-state index in [2.05, 4.69) is 30.4 Å². The van der Waals surface area contributed by atoms with E-state index in [0.29, 0.717) is 0 Å². The summed E-state index contributed by atoms with van der Waals surface area (Å²) >= 11 is 0. The van der Waals surface area contributed by atoms with Gasteiger partial charge in [0.2, 0.25) is 0 Å². The third kappa shape index (κ3) is 4.72. The maximum absolute atomic E-state index is 4.87. The number of hydrogen-bond donors (Lipinski definition) is 0. The van der Waals surface area contributed by atoms with Crippen molar-refractivity contribution in [2.45, 2.75) is 57.8 Å². The van der Waals surface area contributed by atoms with Crippen LogP contribution in [0.4, 0.5) is 0 Å². The van der Waals surface area contributed by atoms with Crippen molar-refractivity contribution >= 4 is 5.71 Å². The standard InChI is InChI=1S/C16H23N/c1-3-7-11-15(12-8-4-1)17-16-13-9-5-2-6-10-14-16/h3,5,7,9,11H,1-2,4,6,8,10,12-14H2. The minimum Gasteiger partial charge on any atom is -0.262 e. The lowest BCUT2D eigenvalue weighted by atomic mass is 10.0. The second kappa shape index (κ2) is 7.26. The fourth-order valence-corrected chi connectivity index (χ4v) is 2.36. The van der Waals surface area contributed by atoms with Crippen LogP contribution in [0.2, 0.25) is 0 Å². The molecule has 0 amide bonds. The van der Waals surface area contributed by atoms with Gasteiger partial charge in [0.1, 0.15) is 0 Å². The molecule has 2 aliphatic carbocycles.